The smallest absolute Gasteiger partial charge is 0.119 e. The number of aromatic nitrogens is 2. The summed E-state index contributed by atoms with van der Waals surface area (Å²) in [5.41, 5.74) is 4.10. The molecule has 4 rings (SSSR count). The highest BCUT2D eigenvalue weighted by molar-refractivity contribution is 5.65. The Kier molecular flexibility index (Phi) is 5.03. The van der Waals surface area contributed by atoms with Crippen molar-refractivity contribution in [1.82, 2.24) is 15.1 Å². The lowest BCUT2D eigenvalue weighted by Gasteiger charge is -2.06. The van der Waals surface area contributed by atoms with Gasteiger partial charge >= 0.3 is 0 Å². The predicted octanol–water partition coefficient (Wildman–Crippen LogP) is 4.43. The molecule has 4 aromatic rings. The molecule has 0 aliphatic carbocycles. The normalized spacial score (nSPS) is 10.9. The summed E-state index contributed by atoms with van der Waals surface area (Å²) in [6, 6.07) is 21.9. The Morgan fingerprint density at radius 2 is 1.89 bits per heavy atom. The summed E-state index contributed by atoms with van der Waals surface area (Å²) in [5, 5.41) is 8.27. The molecular weight excluding hydrogens is 338 g/mol. The van der Waals surface area contributed by atoms with Gasteiger partial charge in [-0.15, -0.1) is 0 Å². The third kappa shape index (κ3) is 3.93. The first-order chi connectivity index (χ1) is 13.3. The molecule has 2 aromatic heterocycles. The fraction of sp³-hybridized carbons (Fsp3) is 0.136. The van der Waals surface area contributed by atoms with Crippen LogP contribution in [0.5, 0.6) is 5.75 Å². The van der Waals surface area contributed by atoms with Gasteiger partial charge in [0.25, 0.3) is 0 Å². The highest BCUT2D eigenvalue weighted by Crippen LogP contribution is 2.27. The van der Waals surface area contributed by atoms with E-state index < -0.39 is 0 Å². The number of para-hydroxylation sites is 1. The maximum absolute atomic E-state index is 5.39. The fourth-order valence-corrected chi connectivity index (χ4v) is 3.00. The topological polar surface area (TPSA) is 52.2 Å². The zero-order valence-electron chi connectivity index (χ0n) is 15.1. The fourth-order valence-electron chi connectivity index (χ4n) is 3.00. The van der Waals surface area contributed by atoms with Gasteiger partial charge in [0, 0.05) is 23.9 Å². The van der Waals surface area contributed by atoms with Gasteiger partial charge in [0.2, 0.25) is 0 Å². The van der Waals surface area contributed by atoms with E-state index in [1.54, 1.807) is 13.4 Å². The van der Waals surface area contributed by atoms with E-state index in [1.165, 1.54) is 0 Å². The number of rotatable bonds is 7. The maximum Gasteiger partial charge on any atom is 0.119 e. The quantitative estimate of drug-likeness (QED) is 0.530. The van der Waals surface area contributed by atoms with Crippen LogP contribution in [-0.2, 0) is 13.1 Å². The first-order valence-corrected chi connectivity index (χ1v) is 8.85. The zero-order chi connectivity index (χ0) is 18.5. The van der Waals surface area contributed by atoms with Gasteiger partial charge in [-0.25, -0.2) is 4.68 Å². The van der Waals surface area contributed by atoms with Gasteiger partial charge in [0.1, 0.15) is 11.5 Å². The van der Waals surface area contributed by atoms with Crippen LogP contribution < -0.4 is 10.1 Å². The van der Waals surface area contributed by atoms with Crippen LogP contribution >= 0.6 is 0 Å². The Bertz CT molecular complexity index is 992. The number of hydrogen-bond donors (Lipinski definition) is 1. The lowest BCUT2D eigenvalue weighted by atomic mass is 10.1. The van der Waals surface area contributed by atoms with Gasteiger partial charge in [-0.3, -0.25) is 0 Å². The largest absolute Gasteiger partial charge is 0.497 e. The Morgan fingerprint density at radius 1 is 1.00 bits per heavy atom. The molecule has 0 fully saturated rings. The average Bonchev–Trinajstić information content (AvgIpc) is 3.39. The van der Waals surface area contributed by atoms with Crippen molar-refractivity contribution in [3.63, 3.8) is 0 Å². The predicted molar refractivity (Wildman–Crippen MR) is 105 cm³/mol. The van der Waals surface area contributed by atoms with Gasteiger partial charge < -0.3 is 14.5 Å². The summed E-state index contributed by atoms with van der Waals surface area (Å²) >= 11 is 0. The van der Waals surface area contributed by atoms with Crippen LogP contribution in [0, 0.1) is 0 Å². The SMILES string of the molecule is COc1cccc(-c2nn(-c3ccccc3)cc2CNCc2ccco2)c1. The molecule has 0 saturated carbocycles. The molecule has 136 valence electrons. The second kappa shape index (κ2) is 7.93. The highest BCUT2D eigenvalue weighted by atomic mass is 16.5. The number of furan rings is 1. The second-order valence-electron chi connectivity index (χ2n) is 6.20. The monoisotopic (exact) mass is 359 g/mol. The number of nitrogens with zero attached hydrogens (tertiary/aromatic N) is 2. The first-order valence-electron chi connectivity index (χ1n) is 8.85. The highest BCUT2D eigenvalue weighted by Gasteiger charge is 2.13. The van der Waals surface area contributed by atoms with Crippen LogP contribution in [0.3, 0.4) is 0 Å². The lowest BCUT2D eigenvalue weighted by molar-refractivity contribution is 0.415. The minimum Gasteiger partial charge on any atom is -0.497 e. The third-order valence-electron chi connectivity index (χ3n) is 4.35. The molecular formula is C22H21N3O2. The summed E-state index contributed by atoms with van der Waals surface area (Å²) in [6.45, 7) is 1.35. The van der Waals surface area contributed by atoms with Crippen molar-refractivity contribution in [2.24, 2.45) is 0 Å². The molecule has 5 heteroatoms. The van der Waals surface area contributed by atoms with Crippen LogP contribution in [0.2, 0.25) is 0 Å². The van der Waals surface area contributed by atoms with Crippen molar-refractivity contribution in [1.29, 1.82) is 0 Å². The van der Waals surface area contributed by atoms with Crippen molar-refractivity contribution in [3.8, 4) is 22.7 Å². The standard InChI is InChI=1S/C22H21N3O2/c1-26-20-10-5-7-17(13-20)22-18(14-23-15-21-11-6-12-27-21)16-25(24-22)19-8-3-2-4-9-19/h2-13,16,23H,14-15H2,1H3. The number of hydrogen-bond acceptors (Lipinski definition) is 4. The summed E-state index contributed by atoms with van der Waals surface area (Å²) in [6.07, 6.45) is 3.76. The molecule has 0 saturated heterocycles. The average molecular weight is 359 g/mol. The number of methoxy groups -OCH3 is 1. The number of benzene rings is 2. The van der Waals surface area contributed by atoms with Crippen LogP contribution in [0.15, 0.2) is 83.6 Å². The Morgan fingerprint density at radius 3 is 2.67 bits per heavy atom. The van der Waals surface area contributed by atoms with Crippen molar-refractivity contribution in [3.05, 3.63) is 90.5 Å². The number of nitrogens with one attached hydrogen (secondary N) is 1. The number of ether oxygens (including phenoxy) is 1. The van der Waals surface area contributed by atoms with Crippen molar-refractivity contribution in [2.45, 2.75) is 13.1 Å². The van der Waals surface area contributed by atoms with E-state index in [2.05, 4.69) is 17.6 Å². The molecule has 5 nitrogen and oxygen atoms in total. The van der Waals surface area contributed by atoms with Gasteiger partial charge in [-0.1, -0.05) is 30.3 Å². The van der Waals surface area contributed by atoms with Gasteiger partial charge in [-0.05, 0) is 36.4 Å². The minimum absolute atomic E-state index is 0.668. The van der Waals surface area contributed by atoms with Crippen molar-refractivity contribution in [2.75, 3.05) is 7.11 Å². The van der Waals surface area contributed by atoms with E-state index in [4.69, 9.17) is 14.3 Å². The van der Waals surface area contributed by atoms with Gasteiger partial charge in [0.05, 0.1) is 31.3 Å². The summed E-state index contributed by atoms with van der Waals surface area (Å²) in [7, 11) is 1.67. The lowest BCUT2D eigenvalue weighted by Crippen LogP contribution is -2.12. The van der Waals surface area contributed by atoms with Gasteiger partial charge in [-0.2, -0.15) is 5.10 Å². The summed E-state index contributed by atoms with van der Waals surface area (Å²) in [4.78, 5) is 0. The molecule has 27 heavy (non-hydrogen) atoms. The van der Waals surface area contributed by atoms with Crippen LogP contribution in [-0.4, -0.2) is 16.9 Å². The molecule has 1 N–H and O–H groups in total. The van der Waals surface area contributed by atoms with E-state index in [0.29, 0.717) is 13.1 Å². The molecule has 0 atom stereocenters. The Hall–Kier alpha value is -3.31. The first kappa shape index (κ1) is 17.1. The van der Waals surface area contributed by atoms with E-state index in [0.717, 1.165) is 34.0 Å². The molecule has 0 aliphatic rings. The molecule has 0 spiro atoms. The van der Waals surface area contributed by atoms with Crippen LogP contribution in [0.1, 0.15) is 11.3 Å². The maximum atomic E-state index is 5.39. The van der Waals surface area contributed by atoms with E-state index >= 15 is 0 Å². The molecule has 2 aromatic carbocycles. The molecule has 0 amide bonds. The van der Waals surface area contributed by atoms with E-state index in [9.17, 15) is 0 Å². The van der Waals surface area contributed by atoms with Crippen LogP contribution in [0.4, 0.5) is 0 Å². The minimum atomic E-state index is 0.668. The van der Waals surface area contributed by atoms with Crippen LogP contribution in [0.25, 0.3) is 16.9 Å². The molecule has 0 unspecified atom stereocenters. The molecule has 2 heterocycles. The molecule has 0 bridgehead atoms. The molecule has 0 aliphatic heterocycles. The van der Waals surface area contributed by atoms with E-state index in [1.807, 2.05) is 65.3 Å². The van der Waals surface area contributed by atoms with Gasteiger partial charge in [0.15, 0.2) is 0 Å². The van der Waals surface area contributed by atoms with E-state index in [-0.39, 0.29) is 0 Å². The summed E-state index contributed by atoms with van der Waals surface area (Å²) in [5.74, 6) is 1.73. The zero-order valence-corrected chi connectivity index (χ0v) is 15.1. The Balaban J connectivity index is 1.65. The van der Waals surface area contributed by atoms with Crippen molar-refractivity contribution < 1.29 is 9.15 Å². The van der Waals surface area contributed by atoms with Crippen molar-refractivity contribution >= 4 is 0 Å². The Labute approximate surface area is 158 Å². The third-order valence-corrected chi connectivity index (χ3v) is 4.35. The molecule has 0 radical (unpaired) electrons. The second-order valence-corrected chi connectivity index (χ2v) is 6.20. The summed E-state index contributed by atoms with van der Waals surface area (Å²) < 4.78 is 12.7.